The minimum atomic E-state index is -0.122. The van der Waals surface area contributed by atoms with E-state index in [4.69, 9.17) is 0 Å². The summed E-state index contributed by atoms with van der Waals surface area (Å²) in [6, 6.07) is 9.51. The highest BCUT2D eigenvalue weighted by atomic mass is 16.1. The lowest BCUT2D eigenvalue weighted by molar-refractivity contribution is 0.0964. The van der Waals surface area contributed by atoms with Crippen molar-refractivity contribution < 1.29 is 4.79 Å². The summed E-state index contributed by atoms with van der Waals surface area (Å²) in [5.41, 5.74) is 4.07. The van der Waals surface area contributed by atoms with Crippen LogP contribution < -0.4 is 16.0 Å². The first kappa shape index (κ1) is 21.1. The smallest absolute Gasteiger partial charge is 0.251 e. The van der Waals surface area contributed by atoms with Crippen molar-refractivity contribution in [3.05, 3.63) is 66.4 Å². The summed E-state index contributed by atoms with van der Waals surface area (Å²) in [4.78, 5) is 33.9. The number of hydrogen-bond donors (Lipinski definition) is 3. The van der Waals surface area contributed by atoms with Gasteiger partial charge in [-0.25, -0.2) is 19.9 Å². The van der Waals surface area contributed by atoms with Gasteiger partial charge in [-0.15, -0.1) is 0 Å². The standard InChI is InChI=1S/C23H24N8O/c1-3-25-23-28-12-16(13-29-23)19-11-20(31-14-30-19)26-9-7-15-5-4-6-17-18(22(32)24-2)8-10-27-21(15)17/h4-6,8,10-14H,3,7,9H2,1-2H3,(H,24,32)(H,25,28,29)(H,26,30,31). The van der Waals surface area contributed by atoms with Crippen molar-refractivity contribution in [2.45, 2.75) is 13.3 Å². The second-order valence-corrected chi connectivity index (χ2v) is 7.04. The number of nitrogens with one attached hydrogen (secondary N) is 3. The molecule has 4 aromatic rings. The minimum Gasteiger partial charge on any atom is -0.370 e. The Hall–Kier alpha value is -4.14. The number of anilines is 2. The zero-order valence-corrected chi connectivity index (χ0v) is 18.0. The fourth-order valence-electron chi connectivity index (χ4n) is 3.42. The highest BCUT2D eigenvalue weighted by molar-refractivity contribution is 6.06. The van der Waals surface area contributed by atoms with Gasteiger partial charge in [0.2, 0.25) is 5.95 Å². The number of aromatic nitrogens is 5. The lowest BCUT2D eigenvalue weighted by Gasteiger charge is -2.10. The Labute approximate surface area is 185 Å². The molecule has 0 bridgehead atoms. The molecule has 9 heteroatoms. The van der Waals surface area contributed by atoms with Crippen LogP contribution in [-0.2, 0) is 6.42 Å². The molecular formula is C23H24N8O. The second-order valence-electron chi connectivity index (χ2n) is 7.04. The summed E-state index contributed by atoms with van der Waals surface area (Å²) in [5.74, 6) is 1.18. The Bertz CT molecular complexity index is 1230. The molecule has 1 aromatic carbocycles. The molecular weight excluding hydrogens is 404 g/mol. The lowest BCUT2D eigenvalue weighted by atomic mass is 10.0. The minimum absolute atomic E-state index is 0.122. The third kappa shape index (κ3) is 4.61. The maximum Gasteiger partial charge on any atom is 0.251 e. The van der Waals surface area contributed by atoms with Gasteiger partial charge in [-0.2, -0.15) is 0 Å². The molecule has 0 radical (unpaired) electrons. The van der Waals surface area contributed by atoms with Crippen LogP contribution in [0.5, 0.6) is 0 Å². The van der Waals surface area contributed by atoms with Crippen LogP contribution in [0.2, 0.25) is 0 Å². The van der Waals surface area contributed by atoms with Gasteiger partial charge < -0.3 is 16.0 Å². The number of rotatable bonds is 8. The van der Waals surface area contributed by atoms with Crippen molar-refractivity contribution in [3.8, 4) is 11.3 Å². The summed E-state index contributed by atoms with van der Waals surface area (Å²) in [7, 11) is 1.63. The van der Waals surface area contributed by atoms with Gasteiger partial charge in [-0.1, -0.05) is 18.2 Å². The fraction of sp³-hybridized carbons (Fsp3) is 0.217. The van der Waals surface area contributed by atoms with E-state index in [9.17, 15) is 4.79 Å². The maximum atomic E-state index is 12.2. The van der Waals surface area contributed by atoms with Crippen LogP contribution >= 0.6 is 0 Å². The molecule has 1 amide bonds. The monoisotopic (exact) mass is 428 g/mol. The quantitative estimate of drug-likeness (QED) is 0.392. The van der Waals surface area contributed by atoms with Gasteiger partial charge in [0.25, 0.3) is 5.91 Å². The van der Waals surface area contributed by atoms with E-state index in [1.54, 1.807) is 31.7 Å². The van der Waals surface area contributed by atoms with E-state index < -0.39 is 0 Å². The molecule has 3 heterocycles. The van der Waals surface area contributed by atoms with Gasteiger partial charge in [0, 0.05) is 55.7 Å². The number of pyridine rings is 1. The number of fused-ring (bicyclic) bond motifs is 1. The molecule has 3 aromatic heterocycles. The van der Waals surface area contributed by atoms with Crippen molar-refractivity contribution in [2.75, 3.05) is 30.8 Å². The lowest BCUT2D eigenvalue weighted by Crippen LogP contribution is -2.18. The van der Waals surface area contributed by atoms with Crippen molar-refractivity contribution >= 4 is 28.6 Å². The first-order valence-corrected chi connectivity index (χ1v) is 10.4. The Balaban J connectivity index is 1.47. The number of amides is 1. The van der Waals surface area contributed by atoms with Crippen LogP contribution in [0.1, 0.15) is 22.8 Å². The molecule has 32 heavy (non-hydrogen) atoms. The van der Waals surface area contributed by atoms with Crippen LogP contribution in [0, 0.1) is 0 Å². The van der Waals surface area contributed by atoms with E-state index in [0.29, 0.717) is 23.9 Å². The SMILES string of the molecule is CCNc1ncc(-c2cc(NCCc3cccc4c(C(=O)NC)ccnc34)ncn2)cn1. The molecule has 0 aliphatic rings. The van der Waals surface area contributed by atoms with E-state index in [-0.39, 0.29) is 5.91 Å². The fourth-order valence-corrected chi connectivity index (χ4v) is 3.42. The number of hydrogen-bond acceptors (Lipinski definition) is 8. The predicted molar refractivity (Wildman–Crippen MR) is 125 cm³/mol. The van der Waals surface area contributed by atoms with Crippen LogP contribution in [-0.4, -0.2) is 51.0 Å². The molecule has 0 aliphatic carbocycles. The largest absolute Gasteiger partial charge is 0.370 e. The molecule has 0 saturated heterocycles. The zero-order valence-electron chi connectivity index (χ0n) is 18.0. The van der Waals surface area contributed by atoms with Gasteiger partial charge in [-0.3, -0.25) is 9.78 Å². The Kier molecular flexibility index (Phi) is 6.45. The van der Waals surface area contributed by atoms with Crippen LogP contribution in [0.3, 0.4) is 0 Å². The van der Waals surface area contributed by atoms with Gasteiger partial charge in [0.1, 0.15) is 12.1 Å². The summed E-state index contributed by atoms with van der Waals surface area (Å²) in [6.45, 7) is 3.41. The molecule has 162 valence electrons. The van der Waals surface area contributed by atoms with Crippen LogP contribution in [0.4, 0.5) is 11.8 Å². The Morgan fingerprint density at radius 3 is 2.62 bits per heavy atom. The average molecular weight is 429 g/mol. The van der Waals surface area contributed by atoms with Gasteiger partial charge in [0.15, 0.2) is 0 Å². The first-order valence-electron chi connectivity index (χ1n) is 10.4. The average Bonchev–Trinajstić information content (AvgIpc) is 2.84. The molecule has 0 atom stereocenters. The number of para-hydroxylation sites is 1. The summed E-state index contributed by atoms with van der Waals surface area (Å²) >= 11 is 0. The first-order chi connectivity index (χ1) is 15.7. The number of carbonyl (C=O) groups excluding carboxylic acids is 1. The van der Waals surface area contributed by atoms with Crippen molar-refractivity contribution in [2.24, 2.45) is 0 Å². The molecule has 4 rings (SSSR count). The highest BCUT2D eigenvalue weighted by Crippen LogP contribution is 2.21. The van der Waals surface area contributed by atoms with Gasteiger partial charge in [-0.05, 0) is 25.0 Å². The number of benzene rings is 1. The molecule has 0 saturated carbocycles. The highest BCUT2D eigenvalue weighted by Gasteiger charge is 2.11. The van der Waals surface area contributed by atoms with Crippen molar-refractivity contribution in [1.82, 2.24) is 30.2 Å². The molecule has 0 aliphatic heterocycles. The molecule has 9 nitrogen and oxygen atoms in total. The van der Waals surface area contributed by atoms with E-state index >= 15 is 0 Å². The van der Waals surface area contributed by atoms with Gasteiger partial charge >= 0.3 is 0 Å². The van der Waals surface area contributed by atoms with Gasteiger partial charge in [0.05, 0.1) is 16.8 Å². The summed E-state index contributed by atoms with van der Waals surface area (Å²) in [5, 5.41) is 9.93. The molecule has 0 spiro atoms. The van der Waals surface area contributed by atoms with Crippen molar-refractivity contribution in [3.63, 3.8) is 0 Å². The molecule has 0 fully saturated rings. The van der Waals surface area contributed by atoms with Crippen LogP contribution in [0.25, 0.3) is 22.2 Å². The maximum absolute atomic E-state index is 12.2. The Morgan fingerprint density at radius 1 is 1.00 bits per heavy atom. The van der Waals surface area contributed by atoms with E-state index in [1.165, 1.54) is 6.33 Å². The zero-order chi connectivity index (χ0) is 22.3. The van der Waals surface area contributed by atoms with E-state index in [0.717, 1.165) is 40.7 Å². The summed E-state index contributed by atoms with van der Waals surface area (Å²) in [6.07, 6.45) is 7.39. The predicted octanol–water partition coefficient (Wildman–Crippen LogP) is 2.93. The third-order valence-electron chi connectivity index (χ3n) is 4.98. The van der Waals surface area contributed by atoms with E-state index in [1.807, 2.05) is 31.2 Å². The molecule has 0 unspecified atom stereocenters. The number of carbonyl (C=O) groups is 1. The Morgan fingerprint density at radius 2 is 1.84 bits per heavy atom. The second kappa shape index (κ2) is 9.78. The van der Waals surface area contributed by atoms with Crippen molar-refractivity contribution in [1.29, 1.82) is 0 Å². The normalized spacial score (nSPS) is 10.7. The number of nitrogens with zero attached hydrogens (tertiary/aromatic N) is 5. The summed E-state index contributed by atoms with van der Waals surface area (Å²) < 4.78 is 0. The third-order valence-corrected chi connectivity index (χ3v) is 4.98. The van der Waals surface area contributed by atoms with E-state index in [2.05, 4.69) is 40.9 Å². The topological polar surface area (TPSA) is 118 Å². The molecule has 3 N–H and O–H groups in total. The van der Waals surface area contributed by atoms with Crippen LogP contribution in [0.15, 0.2) is 55.2 Å².